The van der Waals surface area contributed by atoms with Gasteiger partial charge in [-0.2, -0.15) is 4.31 Å². The molecule has 0 spiro atoms. The van der Waals surface area contributed by atoms with Gasteiger partial charge in [0.25, 0.3) is 5.91 Å². The Hall–Kier alpha value is -2.74. The number of nitrogens with zero attached hydrogens (tertiary/aromatic N) is 2. The van der Waals surface area contributed by atoms with Crippen LogP contribution in [0.2, 0.25) is 0 Å². The number of carbonyl (C=O) groups excluding carboxylic acids is 1. The smallest absolute Gasteiger partial charge is 0.261 e. The van der Waals surface area contributed by atoms with Gasteiger partial charge < -0.3 is 4.74 Å². The Morgan fingerprint density at radius 3 is 2.12 bits per heavy atom. The molecule has 0 radical (unpaired) electrons. The molecular formula is C23H25N3O5S. The van der Waals surface area contributed by atoms with E-state index in [1.807, 2.05) is 12.1 Å². The molecule has 4 rings (SSSR count). The molecule has 2 heterocycles. The van der Waals surface area contributed by atoms with E-state index in [0.717, 1.165) is 42.7 Å². The second-order valence-electron chi connectivity index (χ2n) is 7.76. The van der Waals surface area contributed by atoms with Crippen LogP contribution in [-0.4, -0.2) is 67.6 Å². The van der Waals surface area contributed by atoms with Gasteiger partial charge in [-0.3, -0.25) is 14.9 Å². The lowest BCUT2D eigenvalue weighted by Gasteiger charge is -2.37. The van der Waals surface area contributed by atoms with E-state index in [1.165, 1.54) is 23.2 Å². The maximum absolute atomic E-state index is 12.7. The lowest BCUT2D eigenvalue weighted by molar-refractivity contribution is -0.136. The largest absolute Gasteiger partial charge is 0.379 e. The molecule has 32 heavy (non-hydrogen) atoms. The SMILES string of the molecule is O=C(NO)[C@@H]1CCN1S(=O)(=O)c1ccc(C#Cc2ccc(CN3CCOCC3)cc2)cc1. The van der Waals surface area contributed by atoms with Crippen LogP contribution in [0.1, 0.15) is 23.1 Å². The monoisotopic (exact) mass is 455 g/mol. The first-order chi connectivity index (χ1) is 15.5. The fraction of sp³-hybridized carbons (Fsp3) is 0.348. The molecule has 0 saturated carbocycles. The van der Waals surface area contributed by atoms with E-state index in [2.05, 4.69) is 28.9 Å². The second-order valence-corrected chi connectivity index (χ2v) is 9.65. The van der Waals surface area contributed by atoms with Crippen molar-refractivity contribution in [3.63, 3.8) is 0 Å². The zero-order chi connectivity index (χ0) is 22.6. The highest BCUT2D eigenvalue weighted by Gasteiger charge is 2.42. The number of hydroxylamine groups is 1. The fourth-order valence-electron chi connectivity index (χ4n) is 3.69. The van der Waals surface area contributed by atoms with E-state index in [-0.39, 0.29) is 11.4 Å². The molecule has 9 heteroatoms. The van der Waals surface area contributed by atoms with Gasteiger partial charge in [0.1, 0.15) is 6.04 Å². The predicted octanol–water partition coefficient (Wildman–Crippen LogP) is 1.19. The van der Waals surface area contributed by atoms with Crippen LogP contribution in [-0.2, 0) is 26.1 Å². The van der Waals surface area contributed by atoms with Crippen molar-refractivity contribution < 1.29 is 23.2 Å². The minimum absolute atomic E-state index is 0.0888. The van der Waals surface area contributed by atoms with E-state index in [0.29, 0.717) is 12.0 Å². The minimum Gasteiger partial charge on any atom is -0.379 e. The van der Waals surface area contributed by atoms with E-state index in [9.17, 15) is 13.2 Å². The molecular weight excluding hydrogens is 430 g/mol. The third-order valence-corrected chi connectivity index (χ3v) is 7.58. The summed E-state index contributed by atoms with van der Waals surface area (Å²) < 4.78 is 31.9. The molecule has 168 valence electrons. The number of rotatable bonds is 5. The molecule has 0 aromatic heterocycles. The number of sulfonamides is 1. The minimum atomic E-state index is -3.81. The van der Waals surface area contributed by atoms with Crippen LogP contribution >= 0.6 is 0 Å². The van der Waals surface area contributed by atoms with Crippen LogP contribution in [0.5, 0.6) is 0 Å². The molecule has 0 aliphatic carbocycles. The summed E-state index contributed by atoms with van der Waals surface area (Å²) in [7, 11) is -3.81. The molecule has 2 fully saturated rings. The van der Waals surface area contributed by atoms with Crippen molar-refractivity contribution in [3.8, 4) is 11.8 Å². The van der Waals surface area contributed by atoms with Crippen LogP contribution < -0.4 is 5.48 Å². The first kappa shape index (κ1) is 22.5. The third-order valence-electron chi connectivity index (χ3n) is 5.66. The molecule has 1 amide bonds. The number of nitrogens with one attached hydrogen (secondary N) is 1. The van der Waals surface area contributed by atoms with Crippen molar-refractivity contribution in [1.82, 2.24) is 14.7 Å². The second kappa shape index (κ2) is 9.81. The number of ether oxygens (including phenoxy) is 1. The number of amides is 1. The van der Waals surface area contributed by atoms with Crippen molar-refractivity contribution in [3.05, 3.63) is 65.2 Å². The first-order valence-corrected chi connectivity index (χ1v) is 11.9. The molecule has 2 aliphatic rings. The van der Waals surface area contributed by atoms with Gasteiger partial charge in [-0.15, -0.1) is 0 Å². The van der Waals surface area contributed by atoms with Gasteiger partial charge in [0.15, 0.2) is 0 Å². The summed E-state index contributed by atoms with van der Waals surface area (Å²) in [6, 6.07) is 13.5. The quantitative estimate of drug-likeness (QED) is 0.399. The molecule has 2 N–H and O–H groups in total. The van der Waals surface area contributed by atoms with Crippen LogP contribution in [0.15, 0.2) is 53.4 Å². The van der Waals surface area contributed by atoms with Gasteiger partial charge in [-0.1, -0.05) is 24.0 Å². The normalized spacial score (nSPS) is 19.5. The standard InChI is InChI=1S/C23H25N3O5S/c27-23(24-28)22-11-12-26(22)32(29,30)21-9-7-19(8-10-21)2-1-18-3-5-20(6-4-18)17-25-13-15-31-16-14-25/h3-10,22,28H,11-17H2,(H,24,27)/t22-/m0/s1. The van der Waals surface area contributed by atoms with Crippen LogP contribution in [0, 0.1) is 11.8 Å². The zero-order valence-corrected chi connectivity index (χ0v) is 18.3. The fourth-order valence-corrected chi connectivity index (χ4v) is 5.32. The first-order valence-electron chi connectivity index (χ1n) is 10.4. The van der Waals surface area contributed by atoms with Gasteiger partial charge in [0.05, 0.1) is 18.1 Å². The van der Waals surface area contributed by atoms with E-state index < -0.39 is 22.0 Å². The van der Waals surface area contributed by atoms with Crippen molar-refractivity contribution in [1.29, 1.82) is 0 Å². The van der Waals surface area contributed by atoms with Crippen molar-refractivity contribution >= 4 is 15.9 Å². The van der Waals surface area contributed by atoms with Gasteiger partial charge in [-0.05, 0) is 48.4 Å². The molecule has 2 aliphatic heterocycles. The Balaban J connectivity index is 1.39. The summed E-state index contributed by atoms with van der Waals surface area (Å²) >= 11 is 0. The maximum atomic E-state index is 12.7. The summed E-state index contributed by atoms with van der Waals surface area (Å²) in [4.78, 5) is 14.0. The number of carbonyl (C=O) groups is 1. The van der Waals surface area contributed by atoms with E-state index in [4.69, 9.17) is 9.94 Å². The van der Waals surface area contributed by atoms with Crippen molar-refractivity contribution in [2.24, 2.45) is 0 Å². The van der Waals surface area contributed by atoms with Gasteiger partial charge >= 0.3 is 0 Å². The Labute approximate surface area is 187 Å². The molecule has 2 saturated heterocycles. The van der Waals surface area contributed by atoms with Crippen LogP contribution in [0.4, 0.5) is 0 Å². The van der Waals surface area contributed by atoms with E-state index >= 15 is 0 Å². The molecule has 2 aromatic rings. The van der Waals surface area contributed by atoms with Gasteiger partial charge in [0.2, 0.25) is 10.0 Å². The summed E-state index contributed by atoms with van der Waals surface area (Å²) in [5, 5.41) is 8.76. The number of hydrogen-bond acceptors (Lipinski definition) is 6. The number of benzene rings is 2. The maximum Gasteiger partial charge on any atom is 0.261 e. The predicted molar refractivity (Wildman–Crippen MR) is 117 cm³/mol. The highest BCUT2D eigenvalue weighted by atomic mass is 32.2. The average Bonchev–Trinajstić information content (AvgIpc) is 2.78. The van der Waals surface area contributed by atoms with E-state index in [1.54, 1.807) is 12.1 Å². The Kier molecular flexibility index (Phi) is 6.89. The molecule has 1 atom stereocenters. The Bertz CT molecular complexity index is 1110. The van der Waals surface area contributed by atoms with Crippen molar-refractivity contribution in [2.45, 2.75) is 23.9 Å². The molecule has 0 bridgehead atoms. The summed E-state index contributed by atoms with van der Waals surface area (Å²) in [6.45, 7) is 4.58. The van der Waals surface area contributed by atoms with Crippen LogP contribution in [0.3, 0.4) is 0 Å². The molecule has 0 unspecified atom stereocenters. The molecule has 2 aromatic carbocycles. The van der Waals surface area contributed by atoms with Gasteiger partial charge in [0, 0.05) is 37.3 Å². The Morgan fingerprint density at radius 2 is 1.59 bits per heavy atom. The van der Waals surface area contributed by atoms with Gasteiger partial charge in [-0.25, -0.2) is 13.9 Å². The highest BCUT2D eigenvalue weighted by Crippen LogP contribution is 2.27. The third kappa shape index (κ3) is 5.01. The lowest BCUT2D eigenvalue weighted by Crippen LogP contribution is -2.57. The zero-order valence-electron chi connectivity index (χ0n) is 17.5. The van der Waals surface area contributed by atoms with Crippen molar-refractivity contribution in [2.75, 3.05) is 32.8 Å². The summed E-state index contributed by atoms with van der Waals surface area (Å²) in [5.41, 5.74) is 4.31. The molecule has 8 nitrogen and oxygen atoms in total. The number of hydrogen-bond donors (Lipinski definition) is 2. The number of morpholine rings is 1. The lowest BCUT2D eigenvalue weighted by atomic mass is 10.1. The average molecular weight is 456 g/mol. The highest BCUT2D eigenvalue weighted by molar-refractivity contribution is 7.89. The Morgan fingerprint density at radius 1 is 1.00 bits per heavy atom. The topological polar surface area (TPSA) is 99.2 Å². The summed E-state index contributed by atoms with van der Waals surface area (Å²) in [6.07, 6.45) is 0.375. The summed E-state index contributed by atoms with van der Waals surface area (Å²) in [5.74, 6) is 5.43. The van der Waals surface area contributed by atoms with Crippen LogP contribution in [0.25, 0.3) is 0 Å².